The van der Waals surface area contributed by atoms with Gasteiger partial charge in [0.25, 0.3) is 5.91 Å². The molecule has 0 spiro atoms. The van der Waals surface area contributed by atoms with Crippen molar-refractivity contribution in [1.29, 1.82) is 0 Å². The molecule has 34 heavy (non-hydrogen) atoms. The predicted molar refractivity (Wildman–Crippen MR) is 132 cm³/mol. The summed E-state index contributed by atoms with van der Waals surface area (Å²) in [4.78, 5) is 30.3. The Labute approximate surface area is 202 Å². The van der Waals surface area contributed by atoms with Crippen LogP contribution in [0.3, 0.4) is 0 Å². The smallest absolute Gasteiger partial charge is 0.257 e. The van der Waals surface area contributed by atoms with Crippen molar-refractivity contribution in [3.05, 3.63) is 65.2 Å². The summed E-state index contributed by atoms with van der Waals surface area (Å²) in [5, 5.41) is 10.2. The lowest BCUT2D eigenvalue weighted by Gasteiger charge is -2.41. The van der Waals surface area contributed by atoms with Crippen molar-refractivity contribution < 1.29 is 19.4 Å². The quantitative estimate of drug-likeness (QED) is 0.749. The lowest BCUT2D eigenvalue weighted by atomic mass is 9.75. The number of benzene rings is 2. The first-order valence-corrected chi connectivity index (χ1v) is 12.5. The topological polar surface area (TPSA) is 70.1 Å². The van der Waals surface area contributed by atoms with E-state index in [2.05, 4.69) is 0 Å². The molecule has 6 heteroatoms. The minimum Gasteiger partial charge on any atom is -0.491 e. The second-order valence-electron chi connectivity index (χ2n) is 9.74. The Morgan fingerprint density at radius 3 is 2.47 bits per heavy atom. The summed E-state index contributed by atoms with van der Waals surface area (Å²) in [5.41, 5.74) is 2.59. The highest BCUT2D eigenvalue weighted by molar-refractivity contribution is 5.97. The van der Waals surface area contributed by atoms with Crippen LogP contribution < -0.4 is 4.74 Å². The molecule has 0 aliphatic carbocycles. The number of aliphatic hydroxyl groups excluding tert-OH is 1. The van der Waals surface area contributed by atoms with Crippen molar-refractivity contribution in [2.24, 2.45) is 5.41 Å². The Morgan fingerprint density at radius 1 is 0.971 bits per heavy atom. The first-order chi connectivity index (χ1) is 16.5. The van der Waals surface area contributed by atoms with Gasteiger partial charge >= 0.3 is 0 Å². The number of aryl methyl sites for hydroxylation is 1. The number of para-hydroxylation sites is 1. The number of fused-ring (bicyclic) bond motifs is 9. The molecule has 3 aliphatic heterocycles. The lowest BCUT2D eigenvalue weighted by Crippen LogP contribution is -2.44. The van der Waals surface area contributed by atoms with E-state index in [4.69, 9.17) is 4.74 Å². The summed E-state index contributed by atoms with van der Waals surface area (Å²) in [7, 11) is 0. The second-order valence-corrected chi connectivity index (χ2v) is 9.74. The molecule has 0 unspecified atom stereocenters. The fourth-order valence-electron chi connectivity index (χ4n) is 5.12. The molecule has 0 atom stereocenters. The summed E-state index contributed by atoms with van der Waals surface area (Å²) >= 11 is 0. The molecule has 182 valence electrons. The van der Waals surface area contributed by atoms with Crippen LogP contribution >= 0.6 is 0 Å². The largest absolute Gasteiger partial charge is 0.491 e. The van der Waals surface area contributed by atoms with E-state index in [-0.39, 0.29) is 23.8 Å². The van der Waals surface area contributed by atoms with Crippen molar-refractivity contribution in [1.82, 2.24) is 9.80 Å². The summed E-state index contributed by atoms with van der Waals surface area (Å²) in [5.74, 6) is 0.632. The van der Waals surface area contributed by atoms with Gasteiger partial charge in [-0.1, -0.05) is 42.8 Å². The van der Waals surface area contributed by atoms with Crippen LogP contribution in [0.1, 0.15) is 53.6 Å². The number of piperidine rings is 1. The van der Waals surface area contributed by atoms with Gasteiger partial charge in [-0.2, -0.15) is 0 Å². The van der Waals surface area contributed by atoms with Crippen molar-refractivity contribution in [3.63, 3.8) is 0 Å². The van der Waals surface area contributed by atoms with Crippen LogP contribution in [0.5, 0.6) is 5.75 Å². The van der Waals surface area contributed by atoms with Gasteiger partial charge in [-0.25, -0.2) is 0 Å². The molecule has 3 heterocycles. The maximum atomic E-state index is 13.2. The van der Waals surface area contributed by atoms with Crippen LogP contribution in [0.15, 0.2) is 48.5 Å². The standard InChI is InChI=1S/C28H36N2O4/c1-22-8-2-3-9-23(22)20-26(32)29-15-7-6-12-28(21-31)13-16-30(17-14-28)27(33)24-10-4-5-11-25(24)34-19-18-29/h2-5,8-11,31H,6-7,12-21H2,1H3. The molecular weight excluding hydrogens is 428 g/mol. The Kier molecular flexibility index (Phi) is 7.88. The molecule has 1 fully saturated rings. The van der Waals surface area contributed by atoms with Crippen LogP contribution in [0, 0.1) is 12.3 Å². The zero-order chi connectivity index (χ0) is 24.0. The van der Waals surface area contributed by atoms with Crippen LogP contribution in [-0.2, 0) is 11.2 Å². The van der Waals surface area contributed by atoms with Crippen LogP contribution in [0.4, 0.5) is 0 Å². The Hall–Kier alpha value is -2.86. The zero-order valence-corrected chi connectivity index (χ0v) is 20.2. The molecule has 1 saturated heterocycles. The van der Waals surface area contributed by atoms with E-state index in [1.165, 1.54) is 0 Å². The number of hydrogen-bond acceptors (Lipinski definition) is 4. The maximum absolute atomic E-state index is 13.2. The van der Waals surface area contributed by atoms with Gasteiger partial charge in [0.2, 0.25) is 5.91 Å². The van der Waals surface area contributed by atoms with E-state index >= 15 is 0 Å². The van der Waals surface area contributed by atoms with Crippen molar-refractivity contribution in [3.8, 4) is 5.75 Å². The number of carbonyl (C=O) groups is 2. The monoisotopic (exact) mass is 464 g/mol. The van der Waals surface area contributed by atoms with E-state index in [9.17, 15) is 14.7 Å². The minimum absolute atomic E-state index is 0.0236. The Balaban J connectivity index is 1.53. The first kappa shape index (κ1) is 24.3. The van der Waals surface area contributed by atoms with Gasteiger partial charge in [0.05, 0.1) is 18.5 Å². The Bertz CT molecular complexity index is 997. The van der Waals surface area contributed by atoms with E-state index in [0.29, 0.717) is 50.5 Å². The number of amides is 2. The second kappa shape index (κ2) is 11.0. The molecule has 2 aromatic rings. The number of nitrogens with zero attached hydrogens (tertiary/aromatic N) is 2. The van der Waals surface area contributed by atoms with E-state index in [1.54, 1.807) is 0 Å². The molecule has 0 aromatic heterocycles. The fourth-order valence-corrected chi connectivity index (χ4v) is 5.12. The number of ether oxygens (including phenoxy) is 1. The van der Waals surface area contributed by atoms with Crippen LogP contribution in [0.2, 0.25) is 0 Å². The maximum Gasteiger partial charge on any atom is 0.257 e. The average molecular weight is 465 g/mol. The number of hydrogen-bond donors (Lipinski definition) is 1. The van der Waals surface area contributed by atoms with Crippen molar-refractivity contribution in [2.45, 2.75) is 45.4 Å². The first-order valence-electron chi connectivity index (χ1n) is 12.5. The number of rotatable bonds is 3. The van der Waals surface area contributed by atoms with E-state index < -0.39 is 0 Å². The molecule has 2 amide bonds. The van der Waals surface area contributed by atoms with Crippen molar-refractivity contribution >= 4 is 11.8 Å². The van der Waals surface area contributed by atoms with Gasteiger partial charge < -0.3 is 19.6 Å². The SMILES string of the molecule is Cc1ccccc1CC(=O)N1CCCCC2(CO)CCN(CC2)C(=O)c2ccccc2OCC1. The van der Waals surface area contributed by atoms with Gasteiger partial charge in [0, 0.05) is 26.2 Å². The molecular formula is C28H36N2O4. The normalized spacial score (nSPS) is 19.1. The fraction of sp³-hybridized carbons (Fsp3) is 0.500. The number of carbonyl (C=O) groups excluding carboxylic acids is 2. The average Bonchev–Trinajstić information content (AvgIpc) is 2.87. The van der Waals surface area contributed by atoms with Crippen molar-refractivity contribution in [2.75, 3.05) is 39.4 Å². The lowest BCUT2D eigenvalue weighted by molar-refractivity contribution is -0.131. The zero-order valence-electron chi connectivity index (χ0n) is 20.2. The third-order valence-electron chi connectivity index (χ3n) is 7.52. The highest BCUT2D eigenvalue weighted by atomic mass is 16.5. The summed E-state index contributed by atoms with van der Waals surface area (Å²) in [6.45, 7) is 4.95. The van der Waals surface area contributed by atoms with Gasteiger partial charge in [0.1, 0.15) is 12.4 Å². The highest BCUT2D eigenvalue weighted by Gasteiger charge is 2.36. The summed E-state index contributed by atoms with van der Waals surface area (Å²) < 4.78 is 6.05. The molecule has 0 radical (unpaired) electrons. The van der Waals surface area contributed by atoms with Gasteiger partial charge in [0.15, 0.2) is 0 Å². The minimum atomic E-state index is -0.136. The molecule has 2 bridgehead atoms. The third kappa shape index (κ3) is 5.61. The highest BCUT2D eigenvalue weighted by Crippen LogP contribution is 2.37. The summed E-state index contributed by atoms with van der Waals surface area (Å²) in [6.07, 6.45) is 4.72. The third-order valence-corrected chi connectivity index (χ3v) is 7.52. The van der Waals surface area contributed by atoms with Gasteiger partial charge in [-0.05, 0) is 61.3 Å². The van der Waals surface area contributed by atoms with E-state index in [1.807, 2.05) is 65.3 Å². The molecule has 2 aromatic carbocycles. The van der Waals surface area contributed by atoms with Crippen LogP contribution in [-0.4, -0.2) is 66.1 Å². The molecule has 0 saturated carbocycles. The van der Waals surface area contributed by atoms with Crippen LogP contribution in [0.25, 0.3) is 0 Å². The molecule has 5 rings (SSSR count). The summed E-state index contributed by atoms with van der Waals surface area (Å²) in [6, 6.07) is 15.4. The molecule has 6 nitrogen and oxygen atoms in total. The number of aliphatic hydroxyl groups is 1. The Morgan fingerprint density at radius 2 is 1.71 bits per heavy atom. The van der Waals surface area contributed by atoms with Gasteiger partial charge in [-0.15, -0.1) is 0 Å². The molecule has 1 N–H and O–H groups in total. The van der Waals surface area contributed by atoms with E-state index in [0.717, 1.165) is 43.2 Å². The predicted octanol–water partition coefficient (Wildman–Crippen LogP) is 3.84. The van der Waals surface area contributed by atoms with Gasteiger partial charge in [-0.3, -0.25) is 9.59 Å². The molecule has 3 aliphatic rings.